The fraction of sp³-hybridized carbons (Fsp3) is 0.700. The third kappa shape index (κ3) is 2.33. The second-order valence-corrected chi connectivity index (χ2v) is 4.34. The molecule has 1 aliphatic rings. The number of nitrogens with two attached hydrogens (primary N) is 1. The molecule has 1 heterocycles. The van der Waals surface area contributed by atoms with E-state index in [1.807, 2.05) is 13.8 Å². The number of hydrogen-bond acceptors (Lipinski definition) is 3. The predicted octanol–water partition coefficient (Wildman–Crippen LogP) is -0.290. The van der Waals surface area contributed by atoms with Gasteiger partial charge in [-0.25, -0.2) is 0 Å². The summed E-state index contributed by atoms with van der Waals surface area (Å²) in [5.41, 5.74) is 5.39. The molecule has 1 fully saturated rings. The van der Waals surface area contributed by atoms with Gasteiger partial charge in [0.15, 0.2) is 0 Å². The topological polar surface area (TPSA) is 58.4 Å². The molecule has 0 saturated carbocycles. The normalized spacial score (nSPS) is 27.1. The quantitative estimate of drug-likeness (QED) is 0.611. The van der Waals surface area contributed by atoms with E-state index in [1.165, 1.54) is 0 Å². The van der Waals surface area contributed by atoms with Crippen molar-refractivity contribution in [1.82, 2.24) is 10.2 Å². The van der Waals surface area contributed by atoms with Crippen LogP contribution in [0, 0.1) is 0 Å². The van der Waals surface area contributed by atoms with Crippen molar-refractivity contribution in [3.63, 3.8) is 0 Å². The first-order valence-corrected chi connectivity index (χ1v) is 4.87. The molecule has 0 aromatic heterocycles. The average Bonchev–Trinajstić information content (AvgIpc) is 2.02. The summed E-state index contributed by atoms with van der Waals surface area (Å²) in [7, 11) is 0. The van der Waals surface area contributed by atoms with E-state index < -0.39 is 0 Å². The molecule has 80 valence electrons. The number of carbonyl (C=O) groups excluding carboxylic acids is 1. The third-order valence-electron chi connectivity index (χ3n) is 2.39. The van der Waals surface area contributed by atoms with Crippen molar-refractivity contribution in [3.05, 3.63) is 12.7 Å². The zero-order valence-corrected chi connectivity index (χ0v) is 8.92. The minimum Gasteiger partial charge on any atom is -0.349 e. The number of rotatable bonds is 3. The number of hydrogen-bond donors (Lipinski definition) is 2. The second-order valence-electron chi connectivity index (χ2n) is 4.34. The molecule has 1 aliphatic heterocycles. The van der Waals surface area contributed by atoms with Crippen molar-refractivity contribution < 1.29 is 4.79 Å². The van der Waals surface area contributed by atoms with Gasteiger partial charge in [-0.15, -0.1) is 6.58 Å². The highest BCUT2D eigenvalue weighted by molar-refractivity contribution is 5.83. The zero-order valence-electron chi connectivity index (χ0n) is 8.92. The Morgan fingerprint density at radius 2 is 2.43 bits per heavy atom. The molecule has 0 aromatic rings. The number of nitrogens with one attached hydrogen (secondary N) is 1. The van der Waals surface area contributed by atoms with Crippen LogP contribution in [0.1, 0.15) is 13.8 Å². The van der Waals surface area contributed by atoms with Gasteiger partial charge in [0.2, 0.25) is 5.91 Å². The smallest absolute Gasteiger partial charge is 0.239 e. The highest BCUT2D eigenvalue weighted by Gasteiger charge is 2.36. The molecule has 0 spiro atoms. The lowest BCUT2D eigenvalue weighted by molar-refractivity contribution is -0.131. The fourth-order valence-electron chi connectivity index (χ4n) is 1.85. The summed E-state index contributed by atoms with van der Waals surface area (Å²) in [5.74, 6) is 0.0191. The highest BCUT2D eigenvalue weighted by Crippen LogP contribution is 2.15. The van der Waals surface area contributed by atoms with Crippen LogP contribution in [0.25, 0.3) is 0 Å². The van der Waals surface area contributed by atoms with Crippen molar-refractivity contribution in [2.24, 2.45) is 5.73 Å². The van der Waals surface area contributed by atoms with Gasteiger partial charge in [0.05, 0.1) is 0 Å². The standard InChI is InChI=1S/C10H19N3O/c1-4-5-13-7-10(2,3)12-9(14)8(13)6-11/h4,8H,1,5-7,11H2,2-3H3,(H,12,14). The second kappa shape index (κ2) is 4.11. The van der Waals surface area contributed by atoms with Crippen LogP contribution in [-0.2, 0) is 4.79 Å². The van der Waals surface area contributed by atoms with E-state index in [2.05, 4.69) is 16.8 Å². The van der Waals surface area contributed by atoms with Crippen LogP contribution in [0.5, 0.6) is 0 Å². The Bertz CT molecular complexity index is 238. The van der Waals surface area contributed by atoms with E-state index >= 15 is 0 Å². The van der Waals surface area contributed by atoms with E-state index in [1.54, 1.807) is 6.08 Å². The lowest BCUT2D eigenvalue weighted by Crippen LogP contribution is -2.66. The maximum Gasteiger partial charge on any atom is 0.239 e. The van der Waals surface area contributed by atoms with Gasteiger partial charge in [-0.3, -0.25) is 9.69 Å². The molecule has 4 nitrogen and oxygen atoms in total. The van der Waals surface area contributed by atoms with Gasteiger partial charge in [0, 0.05) is 25.2 Å². The van der Waals surface area contributed by atoms with Crippen molar-refractivity contribution >= 4 is 5.91 Å². The molecule has 4 heteroatoms. The zero-order chi connectivity index (χ0) is 10.8. The third-order valence-corrected chi connectivity index (χ3v) is 2.39. The summed E-state index contributed by atoms with van der Waals surface area (Å²) in [4.78, 5) is 13.7. The molecule has 14 heavy (non-hydrogen) atoms. The Labute approximate surface area is 85.1 Å². The minimum absolute atomic E-state index is 0.0191. The SMILES string of the molecule is C=CCN1CC(C)(C)NC(=O)C1CN. The van der Waals surface area contributed by atoms with E-state index in [9.17, 15) is 4.79 Å². The first-order chi connectivity index (χ1) is 6.50. The first kappa shape index (κ1) is 11.2. The minimum atomic E-state index is -0.207. The summed E-state index contributed by atoms with van der Waals surface area (Å²) in [6, 6.07) is -0.207. The maximum atomic E-state index is 11.7. The Morgan fingerprint density at radius 3 is 2.93 bits per heavy atom. The van der Waals surface area contributed by atoms with Crippen LogP contribution in [0.15, 0.2) is 12.7 Å². The molecule has 0 bridgehead atoms. The Kier molecular flexibility index (Phi) is 3.29. The maximum absolute atomic E-state index is 11.7. The molecule has 0 radical (unpaired) electrons. The van der Waals surface area contributed by atoms with Gasteiger partial charge in [0.25, 0.3) is 0 Å². The Morgan fingerprint density at radius 1 is 1.79 bits per heavy atom. The van der Waals surface area contributed by atoms with Gasteiger partial charge >= 0.3 is 0 Å². The predicted molar refractivity (Wildman–Crippen MR) is 56.8 cm³/mol. The number of amides is 1. The van der Waals surface area contributed by atoms with Gasteiger partial charge in [-0.2, -0.15) is 0 Å². The lowest BCUT2D eigenvalue weighted by atomic mass is 9.98. The summed E-state index contributed by atoms with van der Waals surface area (Å²) in [6.45, 7) is 9.57. The van der Waals surface area contributed by atoms with Crippen molar-refractivity contribution in [2.75, 3.05) is 19.6 Å². The van der Waals surface area contributed by atoms with E-state index in [0.29, 0.717) is 13.1 Å². The summed E-state index contributed by atoms with van der Waals surface area (Å²) >= 11 is 0. The van der Waals surface area contributed by atoms with Gasteiger partial charge in [0.1, 0.15) is 6.04 Å². The molecule has 0 aromatic carbocycles. The molecule has 3 N–H and O–H groups in total. The molecule has 0 aliphatic carbocycles. The van der Waals surface area contributed by atoms with Crippen molar-refractivity contribution in [2.45, 2.75) is 25.4 Å². The Hall–Kier alpha value is -0.870. The molecule has 1 rings (SSSR count). The van der Waals surface area contributed by atoms with Crippen LogP contribution in [-0.4, -0.2) is 42.0 Å². The van der Waals surface area contributed by atoms with Gasteiger partial charge < -0.3 is 11.1 Å². The number of carbonyl (C=O) groups is 1. The summed E-state index contributed by atoms with van der Waals surface area (Å²) in [5, 5.41) is 2.95. The molecular weight excluding hydrogens is 178 g/mol. The highest BCUT2D eigenvalue weighted by atomic mass is 16.2. The Balaban J connectivity index is 2.77. The van der Waals surface area contributed by atoms with Crippen LogP contribution < -0.4 is 11.1 Å². The molecule has 1 atom stereocenters. The molecule has 1 unspecified atom stereocenters. The molecule has 1 saturated heterocycles. The lowest BCUT2D eigenvalue weighted by Gasteiger charge is -2.42. The van der Waals surface area contributed by atoms with Gasteiger partial charge in [-0.1, -0.05) is 6.08 Å². The number of nitrogens with zero attached hydrogens (tertiary/aromatic N) is 1. The van der Waals surface area contributed by atoms with Gasteiger partial charge in [-0.05, 0) is 13.8 Å². The van der Waals surface area contributed by atoms with E-state index in [-0.39, 0.29) is 17.5 Å². The van der Waals surface area contributed by atoms with Crippen LogP contribution in [0.3, 0.4) is 0 Å². The first-order valence-electron chi connectivity index (χ1n) is 4.87. The number of piperazine rings is 1. The largest absolute Gasteiger partial charge is 0.349 e. The van der Waals surface area contributed by atoms with E-state index in [4.69, 9.17) is 5.73 Å². The summed E-state index contributed by atoms with van der Waals surface area (Å²) < 4.78 is 0. The van der Waals surface area contributed by atoms with Crippen molar-refractivity contribution in [1.29, 1.82) is 0 Å². The van der Waals surface area contributed by atoms with E-state index in [0.717, 1.165) is 6.54 Å². The molecular formula is C10H19N3O. The average molecular weight is 197 g/mol. The van der Waals surface area contributed by atoms with Crippen molar-refractivity contribution in [3.8, 4) is 0 Å². The molecule has 1 amide bonds. The van der Waals surface area contributed by atoms with Crippen LogP contribution >= 0.6 is 0 Å². The van der Waals surface area contributed by atoms with Crippen LogP contribution in [0.4, 0.5) is 0 Å². The summed E-state index contributed by atoms with van der Waals surface area (Å²) in [6.07, 6.45) is 1.80. The monoisotopic (exact) mass is 197 g/mol. The van der Waals surface area contributed by atoms with Crippen LogP contribution in [0.2, 0.25) is 0 Å². The fourth-order valence-corrected chi connectivity index (χ4v) is 1.85.